The second kappa shape index (κ2) is 8.02. The average Bonchev–Trinajstić information content (AvgIpc) is 3.09. The molecule has 0 aliphatic heterocycles. The zero-order chi connectivity index (χ0) is 19.2. The summed E-state index contributed by atoms with van der Waals surface area (Å²) in [6.07, 6.45) is 4.65. The zero-order valence-corrected chi connectivity index (χ0v) is 14.3. The van der Waals surface area contributed by atoms with Crippen molar-refractivity contribution in [3.8, 4) is 6.07 Å². The van der Waals surface area contributed by atoms with E-state index in [1.54, 1.807) is 30.5 Å². The van der Waals surface area contributed by atoms with Crippen molar-refractivity contribution in [3.63, 3.8) is 0 Å². The Morgan fingerprint density at radius 1 is 1.19 bits per heavy atom. The average molecular weight is 359 g/mol. The number of carboxylic acids is 1. The van der Waals surface area contributed by atoms with Gasteiger partial charge < -0.3 is 15.4 Å². The molecule has 0 aliphatic carbocycles. The number of aliphatic carboxylic acids is 1. The summed E-state index contributed by atoms with van der Waals surface area (Å²) in [5.74, 6) is -1.64. The number of aromatic amines is 1. The molecule has 3 N–H and O–H groups in total. The van der Waals surface area contributed by atoms with Crippen LogP contribution in [0.15, 0.2) is 60.8 Å². The maximum atomic E-state index is 12.2. The first-order valence-corrected chi connectivity index (χ1v) is 8.34. The van der Waals surface area contributed by atoms with Crippen molar-refractivity contribution >= 4 is 28.9 Å². The molecule has 1 heterocycles. The lowest BCUT2D eigenvalue weighted by Gasteiger charge is -2.13. The summed E-state index contributed by atoms with van der Waals surface area (Å²) in [7, 11) is 0. The normalized spacial score (nSPS) is 12.0. The highest BCUT2D eigenvalue weighted by Crippen LogP contribution is 2.19. The number of para-hydroxylation sites is 1. The molecule has 0 saturated carbocycles. The molecule has 0 spiro atoms. The van der Waals surface area contributed by atoms with Gasteiger partial charge in [0.25, 0.3) is 0 Å². The molecule has 0 radical (unpaired) electrons. The van der Waals surface area contributed by atoms with Gasteiger partial charge in [-0.05, 0) is 29.3 Å². The van der Waals surface area contributed by atoms with E-state index in [-0.39, 0.29) is 6.42 Å². The van der Waals surface area contributed by atoms with Crippen LogP contribution in [0.1, 0.15) is 16.7 Å². The molecule has 0 unspecified atom stereocenters. The minimum atomic E-state index is -1.11. The van der Waals surface area contributed by atoms with Crippen LogP contribution < -0.4 is 5.32 Å². The number of hydrogen-bond donors (Lipinski definition) is 3. The number of nitriles is 1. The van der Waals surface area contributed by atoms with Crippen LogP contribution in [0.2, 0.25) is 0 Å². The molecule has 1 atom stereocenters. The predicted molar refractivity (Wildman–Crippen MR) is 102 cm³/mol. The van der Waals surface area contributed by atoms with Gasteiger partial charge in [0, 0.05) is 29.6 Å². The first-order chi connectivity index (χ1) is 13.1. The van der Waals surface area contributed by atoms with Crippen molar-refractivity contribution in [3.05, 3.63) is 77.5 Å². The topological polar surface area (TPSA) is 106 Å². The molecule has 0 fully saturated rings. The third kappa shape index (κ3) is 4.22. The molecule has 0 saturated heterocycles. The number of aromatic nitrogens is 1. The molecule has 6 nitrogen and oxygen atoms in total. The van der Waals surface area contributed by atoms with Crippen molar-refractivity contribution in [2.75, 3.05) is 0 Å². The van der Waals surface area contributed by atoms with Gasteiger partial charge in [-0.25, -0.2) is 4.79 Å². The summed E-state index contributed by atoms with van der Waals surface area (Å²) in [5, 5.41) is 22.0. The van der Waals surface area contributed by atoms with Crippen LogP contribution in [0.3, 0.4) is 0 Å². The van der Waals surface area contributed by atoms with Crippen molar-refractivity contribution in [1.29, 1.82) is 5.26 Å². The summed E-state index contributed by atoms with van der Waals surface area (Å²) in [6, 6.07) is 15.4. The van der Waals surface area contributed by atoms with Crippen molar-refractivity contribution in [2.24, 2.45) is 0 Å². The van der Waals surface area contributed by atoms with Gasteiger partial charge in [-0.2, -0.15) is 5.26 Å². The number of carboxylic acid groups (broad SMARTS) is 1. The molecule has 3 rings (SSSR count). The van der Waals surface area contributed by atoms with E-state index in [1.165, 1.54) is 12.2 Å². The number of nitrogens with zero attached hydrogens (tertiary/aromatic N) is 1. The second-order valence-electron chi connectivity index (χ2n) is 6.00. The van der Waals surface area contributed by atoms with E-state index in [0.29, 0.717) is 11.1 Å². The summed E-state index contributed by atoms with van der Waals surface area (Å²) in [5.41, 5.74) is 2.77. The van der Waals surface area contributed by atoms with Gasteiger partial charge in [0.05, 0.1) is 11.6 Å². The molecule has 0 aliphatic rings. The standard InChI is InChI=1S/C21H17N3O3/c22-12-15-6-2-1-5-14(15)9-10-20(25)24-19(21(26)27)11-16-13-23-18-8-4-3-7-17(16)18/h1-10,13,19,23H,11H2,(H,24,25)(H,26,27)/t19-/m0/s1. The highest BCUT2D eigenvalue weighted by atomic mass is 16.4. The van der Waals surface area contributed by atoms with Crippen LogP contribution in [0, 0.1) is 11.3 Å². The smallest absolute Gasteiger partial charge is 0.326 e. The van der Waals surface area contributed by atoms with Gasteiger partial charge >= 0.3 is 5.97 Å². The lowest BCUT2D eigenvalue weighted by atomic mass is 10.0. The van der Waals surface area contributed by atoms with E-state index in [4.69, 9.17) is 5.26 Å². The Morgan fingerprint density at radius 3 is 2.70 bits per heavy atom. The molecule has 1 amide bonds. The highest BCUT2D eigenvalue weighted by molar-refractivity contribution is 5.95. The maximum Gasteiger partial charge on any atom is 0.326 e. The third-order valence-corrected chi connectivity index (χ3v) is 4.21. The van der Waals surface area contributed by atoms with Gasteiger partial charge in [-0.1, -0.05) is 36.4 Å². The Morgan fingerprint density at radius 2 is 1.93 bits per heavy atom. The van der Waals surface area contributed by atoms with Gasteiger partial charge in [-0.15, -0.1) is 0 Å². The highest BCUT2D eigenvalue weighted by Gasteiger charge is 2.21. The monoisotopic (exact) mass is 359 g/mol. The number of rotatable bonds is 6. The lowest BCUT2D eigenvalue weighted by molar-refractivity contribution is -0.141. The Balaban J connectivity index is 1.73. The summed E-state index contributed by atoms with van der Waals surface area (Å²) >= 11 is 0. The minimum Gasteiger partial charge on any atom is -0.480 e. The van der Waals surface area contributed by atoms with Gasteiger partial charge in [0.15, 0.2) is 0 Å². The lowest BCUT2D eigenvalue weighted by Crippen LogP contribution is -2.41. The van der Waals surface area contributed by atoms with E-state index in [2.05, 4.69) is 10.3 Å². The number of fused-ring (bicyclic) bond motifs is 1. The Hall–Kier alpha value is -3.85. The first-order valence-electron chi connectivity index (χ1n) is 8.34. The molecule has 134 valence electrons. The van der Waals surface area contributed by atoms with E-state index in [1.807, 2.05) is 30.3 Å². The molecule has 2 aromatic carbocycles. The van der Waals surface area contributed by atoms with Gasteiger partial charge in [0.2, 0.25) is 5.91 Å². The first kappa shape index (κ1) is 18.0. The van der Waals surface area contributed by atoms with E-state index < -0.39 is 17.9 Å². The fourth-order valence-electron chi connectivity index (χ4n) is 2.85. The molecule has 27 heavy (non-hydrogen) atoms. The molecule has 3 aromatic rings. The van der Waals surface area contributed by atoms with E-state index >= 15 is 0 Å². The molecule has 1 aromatic heterocycles. The summed E-state index contributed by atoms with van der Waals surface area (Å²) in [4.78, 5) is 26.8. The number of carbonyl (C=O) groups is 2. The van der Waals surface area contributed by atoms with Gasteiger partial charge in [0.1, 0.15) is 6.04 Å². The second-order valence-corrected chi connectivity index (χ2v) is 6.00. The Labute approximate surface area is 155 Å². The van der Waals surface area contributed by atoms with Crippen molar-refractivity contribution in [2.45, 2.75) is 12.5 Å². The number of amides is 1. The maximum absolute atomic E-state index is 12.2. The van der Waals surface area contributed by atoms with Crippen LogP contribution in [-0.4, -0.2) is 28.0 Å². The third-order valence-electron chi connectivity index (χ3n) is 4.21. The van der Waals surface area contributed by atoms with Crippen LogP contribution in [-0.2, 0) is 16.0 Å². The Kier molecular flexibility index (Phi) is 5.33. The fourth-order valence-corrected chi connectivity index (χ4v) is 2.85. The zero-order valence-electron chi connectivity index (χ0n) is 14.3. The fraction of sp³-hybridized carbons (Fsp3) is 0.0952. The van der Waals surface area contributed by atoms with Crippen LogP contribution >= 0.6 is 0 Å². The SMILES string of the molecule is N#Cc1ccccc1C=CC(=O)N[C@@H](Cc1c[nH]c2ccccc12)C(=O)O. The van der Waals surface area contributed by atoms with Crippen molar-refractivity contribution in [1.82, 2.24) is 10.3 Å². The largest absolute Gasteiger partial charge is 0.480 e. The van der Waals surface area contributed by atoms with Gasteiger partial charge in [-0.3, -0.25) is 4.79 Å². The molecule has 0 bridgehead atoms. The van der Waals surface area contributed by atoms with Crippen LogP contribution in [0.25, 0.3) is 17.0 Å². The molecular weight excluding hydrogens is 342 g/mol. The minimum absolute atomic E-state index is 0.160. The summed E-state index contributed by atoms with van der Waals surface area (Å²) in [6.45, 7) is 0. The van der Waals surface area contributed by atoms with E-state index in [9.17, 15) is 14.7 Å². The summed E-state index contributed by atoms with van der Waals surface area (Å²) < 4.78 is 0. The molecule has 6 heteroatoms. The van der Waals surface area contributed by atoms with Crippen LogP contribution in [0.5, 0.6) is 0 Å². The van der Waals surface area contributed by atoms with E-state index in [0.717, 1.165) is 16.5 Å². The molecular formula is C21H17N3O3. The number of nitrogens with one attached hydrogen (secondary N) is 2. The predicted octanol–water partition coefficient (Wildman–Crippen LogP) is 2.86. The number of carbonyl (C=O) groups excluding carboxylic acids is 1. The number of benzene rings is 2. The van der Waals surface area contributed by atoms with Crippen LogP contribution in [0.4, 0.5) is 0 Å². The quantitative estimate of drug-likeness (QED) is 0.588. The number of H-pyrrole nitrogens is 1. The Bertz CT molecular complexity index is 1060. The number of hydrogen-bond acceptors (Lipinski definition) is 3. The van der Waals surface area contributed by atoms with Crippen molar-refractivity contribution < 1.29 is 14.7 Å².